The van der Waals surface area contributed by atoms with E-state index in [-0.39, 0.29) is 11.9 Å². The van der Waals surface area contributed by atoms with Gasteiger partial charge in [-0.25, -0.2) is 4.98 Å². The van der Waals surface area contributed by atoms with Crippen molar-refractivity contribution in [1.82, 2.24) is 9.88 Å². The molecule has 1 aliphatic heterocycles. The topological polar surface area (TPSA) is 42.4 Å². The average Bonchev–Trinajstić information content (AvgIpc) is 2.94. The Bertz CT molecular complexity index is 524. The van der Waals surface area contributed by atoms with Gasteiger partial charge < -0.3 is 9.64 Å². The third-order valence-electron chi connectivity index (χ3n) is 3.93. The molecule has 108 valence electrons. The number of ether oxygens (including phenoxy) is 1. The van der Waals surface area contributed by atoms with E-state index in [1.807, 2.05) is 17.2 Å². The summed E-state index contributed by atoms with van der Waals surface area (Å²) in [5.41, 5.74) is 1.95. The maximum atomic E-state index is 12.7. The van der Waals surface area contributed by atoms with E-state index in [1.54, 1.807) is 11.3 Å². The summed E-state index contributed by atoms with van der Waals surface area (Å²) in [6, 6.07) is -0.0240. The highest BCUT2D eigenvalue weighted by atomic mass is 32.1. The third kappa shape index (κ3) is 2.79. The first-order valence-electron chi connectivity index (χ1n) is 7.25. The molecule has 4 nitrogen and oxygen atoms in total. The summed E-state index contributed by atoms with van der Waals surface area (Å²) in [5.74, 6) is 0.184. The molecular weight excluding hydrogens is 272 g/mol. The molecule has 2 aliphatic rings. The molecule has 0 aromatic carbocycles. The van der Waals surface area contributed by atoms with Gasteiger partial charge in [0.15, 0.2) is 0 Å². The Hall–Kier alpha value is -1.20. The summed E-state index contributed by atoms with van der Waals surface area (Å²) >= 11 is 1.63. The first kappa shape index (κ1) is 13.8. The molecule has 5 heteroatoms. The van der Waals surface area contributed by atoms with Gasteiger partial charge in [-0.3, -0.25) is 4.79 Å². The number of hydrogen-bond acceptors (Lipinski definition) is 4. The molecule has 1 aromatic rings. The van der Waals surface area contributed by atoms with Crippen molar-refractivity contribution in [2.75, 3.05) is 19.8 Å². The maximum Gasteiger partial charge on any atom is 0.250 e. The molecule has 20 heavy (non-hydrogen) atoms. The summed E-state index contributed by atoms with van der Waals surface area (Å²) in [6.07, 6.45) is 6.40. The van der Waals surface area contributed by atoms with Crippen LogP contribution >= 0.6 is 11.3 Å². The Morgan fingerprint density at radius 3 is 3.10 bits per heavy atom. The lowest BCUT2D eigenvalue weighted by Crippen LogP contribution is -2.44. The zero-order valence-electron chi connectivity index (χ0n) is 11.8. The van der Waals surface area contributed by atoms with E-state index >= 15 is 0 Å². The second-order valence-electron chi connectivity index (χ2n) is 5.36. The summed E-state index contributed by atoms with van der Waals surface area (Å²) in [5, 5.41) is 3.08. The number of allylic oxidation sites excluding steroid dienone is 1. The first-order chi connectivity index (χ1) is 9.75. The van der Waals surface area contributed by atoms with Crippen LogP contribution in [-0.2, 0) is 9.53 Å². The zero-order chi connectivity index (χ0) is 13.9. The van der Waals surface area contributed by atoms with Crippen molar-refractivity contribution in [2.45, 2.75) is 38.6 Å². The number of rotatable bonds is 2. The van der Waals surface area contributed by atoms with Gasteiger partial charge in [-0.1, -0.05) is 6.08 Å². The zero-order valence-corrected chi connectivity index (χ0v) is 12.6. The lowest BCUT2D eigenvalue weighted by Gasteiger charge is -2.35. The van der Waals surface area contributed by atoms with E-state index in [0.29, 0.717) is 19.8 Å². The molecule has 1 saturated heterocycles. The Morgan fingerprint density at radius 2 is 2.40 bits per heavy atom. The number of aryl methyl sites for hydroxylation is 1. The van der Waals surface area contributed by atoms with E-state index in [2.05, 4.69) is 11.1 Å². The van der Waals surface area contributed by atoms with Crippen molar-refractivity contribution in [3.05, 3.63) is 27.7 Å². The predicted octanol–water partition coefficient (Wildman–Crippen LogP) is 2.85. The van der Waals surface area contributed by atoms with Crippen LogP contribution in [0.15, 0.2) is 17.0 Å². The number of carbonyl (C=O) groups is 1. The molecule has 0 radical (unpaired) electrons. The highest BCUT2D eigenvalue weighted by Crippen LogP contribution is 2.29. The van der Waals surface area contributed by atoms with Crippen molar-refractivity contribution in [3.63, 3.8) is 0 Å². The van der Waals surface area contributed by atoms with Crippen molar-refractivity contribution in [2.24, 2.45) is 0 Å². The fourth-order valence-electron chi connectivity index (χ4n) is 2.84. The summed E-state index contributed by atoms with van der Waals surface area (Å²) in [6.45, 7) is 3.84. The fourth-order valence-corrected chi connectivity index (χ4v) is 3.50. The van der Waals surface area contributed by atoms with Crippen LogP contribution in [0.1, 0.15) is 42.4 Å². The van der Waals surface area contributed by atoms with Gasteiger partial charge in [-0.2, -0.15) is 0 Å². The highest BCUT2D eigenvalue weighted by Gasteiger charge is 2.31. The van der Waals surface area contributed by atoms with Crippen molar-refractivity contribution >= 4 is 17.2 Å². The minimum atomic E-state index is -0.0240. The van der Waals surface area contributed by atoms with E-state index in [1.165, 1.54) is 6.42 Å². The fraction of sp³-hybridized carbons (Fsp3) is 0.600. The summed E-state index contributed by atoms with van der Waals surface area (Å²) in [4.78, 5) is 19.2. The molecule has 0 N–H and O–H groups in total. The van der Waals surface area contributed by atoms with Gasteiger partial charge in [0.05, 0.1) is 30.0 Å². The third-order valence-corrected chi connectivity index (χ3v) is 4.72. The lowest BCUT2D eigenvalue weighted by atomic mass is 9.97. The molecule has 0 unspecified atom stereocenters. The van der Waals surface area contributed by atoms with Gasteiger partial charge >= 0.3 is 0 Å². The minimum absolute atomic E-state index is 0.0240. The Labute approximate surface area is 123 Å². The van der Waals surface area contributed by atoms with E-state index in [9.17, 15) is 4.79 Å². The van der Waals surface area contributed by atoms with Gasteiger partial charge in [0.25, 0.3) is 0 Å². The van der Waals surface area contributed by atoms with Gasteiger partial charge in [-0.15, -0.1) is 11.3 Å². The van der Waals surface area contributed by atoms with Crippen LogP contribution in [0.2, 0.25) is 0 Å². The van der Waals surface area contributed by atoms with Gasteiger partial charge in [0, 0.05) is 17.5 Å². The average molecular weight is 292 g/mol. The second-order valence-corrected chi connectivity index (χ2v) is 6.42. The monoisotopic (exact) mass is 292 g/mol. The van der Waals surface area contributed by atoms with Crippen molar-refractivity contribution in [3.8, 4) is 0 Å². The van der Waals surface area contributed by atoms with Gasteiger partial charge in [0.2, 0.25) is 5.91 Å². The maximum absolute atomic E-state index is 12.7. The minimum Gasteiger partial charge on any atom is -0.377 e. The van der Waals surface area contributed by atoms with Crippen LogP contribution < -0.4 is 0 Å². The van der Waals surface area contributed by atoms with Crippen LogP contribution in [0.3, 0.4) is 0 Å². The van der Waals surface area contributed by atoms with Crippen molar-refractivity contribution < 1.29 is 9.53 Å². The SMILES string of the molecule is Cc1nc([C@@H]2COCCN2C(=O)C2=CCCCC2)cs1. The molecule has 0 saturated carbocycles. The number of amides is 1. The number of morpholine rings is 1. The molecule has 1 atom stereocenters. The first-order valence-corrected chi connectivity index (χ1v) is 8.13. The smallest absolute Gasteiger partial charge is 0.250 e. The normalized spacial score (nSPS) is 23.6. The van der Waals surface area contributed by atoms with Crippen LogP contribution in [-0.4, -0.2) is 35.5 Å². The van der Waals surface area contributed by atoms with Gasteiger partial charge in [0.1, 0.15) is 0 Å². The molecule has 3 rings (SSSR count). The molecular formula is C15H20N2O2S. The number of carbonyl (C=O) groups excluding carboxylic acids is 1. The molecule has 0 bridgehead atoms. The van der Waals surface area contributed by atoms with Crippen LogP contribution in [0.4, 0.5) is 0 Å². The lowest BCUT2D eigenvalue weighted by molar-refractivity contribution is -0.136. The van der Waals surface area contributed by atoms with E-state index in [0.717, 1.165) is 35.5 Å². The molecule has 2 heterocycles. The molecule has 1 aliphatic carbocycles. The summed E-state index contributed by atoms with van der Waals surface area (Å²) < 4.78 is 5.56. The molecule has 1 aromatic heterocycles. The Morgan fingerprint density at radius 1 is 1.50 bits per heavy atom. The highest BCUT2D eigenvalue weighted by molar-refractivity contribution is 7.09. The molecule has 0 spiro atoms. The van der Waals surface area contributed by atoms with Crippen molar-refractivity contribution in [1.29, 1.82) is 0 Å². The Kier molecular flexibility index (Phi) is 4.17. The van der Waals surface area contributed by atoms with Crippen LogP contribution in [0.25, 0.3) is 0 Å². The van der Waals surface area contributed by atoms with E-state index < -0.39 is 0 Å². The van der Waals surface area contributed by atoms with Gasteiger partial charge in [-0.05, 0) is 32.6 Å². The van der Waals surface area contributed by atoms with Crippen LogP contribution in [0.5, 0.6) is 0 Å². The number of aromatic nitrogens is 1. The largest absolute Gasteiger partial charge is 0.377 e. The van der Waals surface area contributed by atoms with E-state index in [4.69, 9.17) is 4.74 Å². The second kappa shape index (κ2) is 6.06. The Balaban J connectivity index is 1.81. The quantitative estimate of drug-likeness (QED) is 0.842. The number of nitrogens with zero attached hydrogens (tertiary/aromatic N) is 2. The standard InChI is InChI=1S/C15H20N2O2S/c1-11-16-13(10-20-11)14-9-19-8-7-17(14)15(18)12-5-3-2-4-6-12/h5,10,14H,2-4,6-9H2,1H3/t14-/m0/s1. The molecule has 1 amide bonds. The number of hydrogen-bond donors (Lipinski definition) is 0. The molecule has 1 fully saturated rings. The predicted molar refractivity (Wildman–Crippen MR) is 78.7 cm³/mol. The summed E-state index contributed by atoms with van der Waals surface area (Å²) in [7, 11) is 0. The van der Waals surface area contributed by atoms with Crippen LogP contribution in [0, 0.1) is 6.92 Å². The number of thiazole rings is 1.